The van der Waals surface area contributed by atoms with Gasteiger partial charge < -0.3 is 9.84 Å². The van der Waals surface area contributed by atoms with E-state index in [1.807, 2.05) is 25.1 Å². The molecule has 0 unspecified atom stereocenters. The molecule has 0 atom stereocenters. The van der Waals surface area contributed by atoms with Crippen LogP contribution in [-0.2, 0) is 5.60 Å². The van der Waals surface area contributed by atoms with E-state index in [-0.39, 0.29) is 0 Å². The molecule has 3 heteroatoms. The Morgan fingerprint density at radius 3 is 2.67 bits per heavy atom. The summed E-state index contributed by atoms with van der Waals surface area (Å²) in [4.78, 5) is 0. The van der Waals surface area contributed by atoms with Gasteiger partial charge in [-0.2, -0.15) is 0 Å². The summed E-state index contributed by atoms with van der Waals surface area (Å²) in [5.41, 5.74) is 0.260. The van der Waals surface area contributed by atoms with E-state index in [0.717, 1.165) is 24.8 Å². The highest BCUT2D eigenvalue weighted by molar-refractivity contribution is 6.32. The summed E-state index contributed by atoms with van der Waals surface area (Å²) in [6.07, 6.45) is 2.75. The fraction of sp³-hybridized carbons (Fsp3) is 0.500. The lowest BCUT2D eigenvalue weighted by Crippen LogP contribution is -2.33. The van der Waals surface area contributed by atoms with E-state index in [1.165, 1.54) is 0 Å². The van der Waals surface area contributed by atoms with Crippen LogP contribution >= 0.6 is 11.6 Å². The monoisotopic (exact) mass is 226 g/mol. The van der Waals surface area contributed by atoms with Gasteiger partial charge in [0, 0.05) is 0 Å². The van der Waals surface area contributed by atoms with Crippen molar-refractivity contribution in [2.24, 2.45) is 0 Å². The number of hydrogen-bond acceptors (Lipinski definition) is 2. The summed E-state index contributed by atoms with van der Waals surface area (Å²) < 4.78 is 5.34. The fourth-order valence-electron chi connectivity index (χ4n) is 1.86. The highest BCUT2D eigenvalue weighted by Crippen LogP contribution is 2.42. The summed E-state index contributed by atoms with van der Waals surface area (Å²) in [5, 5.41) is 10.7. The molecule has 0 aliphatic heterocycles. The van der Waals surface area contributed by atoms with E-state index in [1.54, 1.807) is 0 Å². The summed E-state index contributed by atoms with van der Waals surface area (Å²) in [7, 11) is 0. The molecule has 1 aliphatic carbocycles. The maximum absolute atomic E-state index is 10.1. The van der Waals surface area contributed by atoms with Crippen molar-refractivity contribution in [1.29, 1.82) is 0 Å². The molecule has 0 amide bonds. The predicted molar refractivity (Wildman–Crippen MR) is 60.4 cm³/mol. The van der Waals surface area contributed by atoms with E-state index >= 15 is 0 Å². The van der Waals surface area contributed by atoms with Gasteiger partial charge in [0.15, 0.2) is 0 Å². The number of hydrogen-bond donors (Lipinski definition) is 1. The van der Waals surface area contributed by atoms with E-state index in [4.69, 9.17) is 16.3 Å². The van der Waals surface area contributed by atoms with E-state index in [9.17, 15) is 5.11 Å². The number of aliphatic hydroxyl groups is 1. The second-order valence-corrected chi connectivity index (χ2v) is 4.37. The Hall–Kier alpha value is -0.730. The lowest BCUT2D eigenvalue weighted by atomic mass is 9.75. The minimum atomic E-state index is -0.644. The first-order valence-electron chi connectivity index (χ1n) is 5.31. The molecular weight excluding hydrogens is 212 g/mol. The third-order valence-electron chi connectivity index (χ3n) is 2.95. The van der Waals surface area contributed by atoms with Gasteiger partial charge in [0.25, 0.3) is 0 Å². The first-order valence-corrected chi connectivity index (χ1v) is 5.69. The quantitative estimate of drug-likeness (QED) is 0.858. The maximum atomic E-state index is 10.1. The molecule has 1 saturated carbocycles. The molecule has 0 radical (unpaired) electrons. The van der Waals surface area contributed by atoms with Crippen LogP contribution in [0.2, 0.25) is 5.02 Å². The van der Waals surface area contributed by atoms with Crippen LogP contribution in [0.5, 0.6) is 5.75 Å². The van der Waals surface area contributed by atoms with Crippen LogP contribution in [-0.4, -0.2) is 11.7 Å². The predicted octanol–water partition coefficient (Wildman–Crippen LogP) is 3.11. The minimum Gasteiger partial charge on any atom is -0.492 e. The van der Waals surface area contributed by atoms with Crippen LogP contribution in [0.4, 0.5) is 0 Å². The van der Waals surface area contributed by atoms with Gasteiger partial charge in [0.05, 0.1) is 17.2 Å². The maximum Gasteiger partial charge on any atom is 0.137 e. The van der Waals surface area contributed by atoms with Gasteiger partial charge in [-0.1, -0.05) is 17.7 Å². The smallest absolute Gasteiger partial charge is 0.137 e. The molecule has 82 valence electrons. The molecule has 1 N–H and O–H groups in total. The molecular formula is C12H15ClO2. The van der Waals surface area contributed by atoms with Crippen LogP contribution in [0.15, 0.2) is 18.2 Å². The van der Waals surface area contributed by atoms with Crippen LogP contribution in [0.3, 0.4) is 0 Å². The average Bonchev–Trinajstić information content (AvgIpc) is 2.18. The second-order valence-electron chi connectivity index (χ2n) is 3.96. The van der Waals surface area contributed by atoms with Crippen molar-refractivity contribution in [3.63, 3.8) is 0 Å². The van der Waals surface area contributed by atoms with Crippen LogP contribution in [0, 0.1) is 0 Å². The topological polar surface area (TPSA) is 29.5 Å². The molecule has 15 heavy (non-hydrogen) atoms. The van der Waals surface area contributed by atoms with Crippen molar-refractivity contribution in [1.82, 2.24) is 0 Å². The summed E-state index contributed by atoms with van der Waals surface area (Å²) in [6, 6.07) is 5.54. The molecule has 1 aromatic carbocycles. The molecule has 1 aliphatic rings. The zero-order chi connectivity index (χ0) is 10.9. The van der Waals surface area contributed by atoms with Crippen molar-refractivity contribution in [2.75, 3.05) is 6.61 Å². The molecule has 0 saturated heterocycles. The first kappa shape index (κ1) is 10.8. The largest absolute Gasteiger partial charge is 0.492 e. The average molecular weight is 227 g/mol. The van der Waals surface area contributed by atoms with Crippen molar-refractivity contribution >= 4 is 11.6 Å². The lowest BCUT2D eigenvalue weighted by molar-refractivity contribution is -0.0388. The second kappa shape index (κ2) is 4.03. The highest BCUT2D eigenvalue weighted by atomic mass is 35.5. The van der Waals surface area contributed by atoms with Gasteiger partial charge in [-0.15, -0.1) is 0 Å². The third-order valence-corrected chi connectivity index (χ3v) is 3.25. The van der Waals surface area contributed by atoms with Crippen LogP contribution < -0.4 is 4.74 Å². The molecule has 0 spiro atoms. The van der Waals surface area contributed by atoms with Crippen molar-refractivity contribution in [3.05, 3.63) is 28.8 Å². The van der Waals surface area contributed by atoms with E-state index in [0.29, 0.717) is 17.4 Å². The molecule has 1 aromatic rings. The summed E-state index contributed by atoms with van der Waals surface area (Å²) in [6.45, 7) is 2.52. The Kier molecular flexibility index (Phi) is 2.89. The number of halogens is 1. The van der Waals surface area contributed by atoms with Gasteiger partial charge in [0.2, 0.25) is 0 Å². The van der Waals surface area contributed by atoms with Crippen LogP contribution in [0.1, 0.15) is 31.7 Å². The summed E-state index contributed by atoms with van der Waals surface area (Å²) in [5.74, 6) is 0.686. The van der Waals surface area contributed by atoms with Gasteiger partial charge in [-0.25, -0.2) is 0 Å². The lowest BCUT2D eigenvalue weighted by Gasteiger charge is -2.37. The minimum absolute atomic E-state index is 0.578. The van der Waals surface area contributed by atoms with Gasteiger partial charge in [0.1, 0.15) is 5.75 Å². The Morgan fingerprint density at radius 1 is 1.47 bits per heavy atom. The van der Waals surface area contributed by atoms with E-state index in [2.05, 4.69) is 0 Å². The van der Waals surface area contributed by atoms with Gasteiger partial charge >= 0.3 is 0 Å². The van der Waals surface area contributed by atoms with Crippen molar-refractivity contribution in [2.45, 2.75) is 31.8 Å². The first-order chi connectivity index (χ1) is 7.15. The molecule has 1 fully saturated rings. The van der Waals surface area contributed by atoms with Gasteiger partial charge in [-0.3, -0.25) is 0 Å². The van der Waals surface area contributed by atoms with Crippen molar-refractivity contribution < 1.29 is 9.84 Å². The van der Waals surface area contributed by atoms with Crippen LogP contribution in [0.25, 0.3) is 0 Å². The zero-order valence-corrected chi connectivity index (χ0v) is 9.55. The molecule has 2 nitrogen and oxygen atoms in total. The standard InChI is InChI=1S/C12H15ClO2/c1-2-15-11-5-4-9(8-10(11)13)12(14)6-3-7-12/h4-5,8,14H,2-3,6-7H2,1H3. The molecule has 0 bridgehead atoms. The highest BCUT2D eigenvalue weighted by Gasteiger charge is 2.36. The van der Waals surface area contributed by atoms with Gasteiger partial charge in [-0.05, 0) is 43.9 Å². The number of rotatable bonds is 3. The number of ether oxygens (including phenoxy) is 1. The molecule has 0 heterocycles. The molecule has 2 rings (SSSR count). The Morgan fingerprint density at radius 2 is 2.20 bits per heavy atom. The zero-order valence-electron chi connectivity index (χ0n) is 8.79. The SMILES string of the molecule is CCOc1ccc(C2(O)CCC2)cc1Cl. The Bertz CT molecular complexity index is 359. The normalized spacial score (nSPS) is 18.3. The molecule has 0 aromatic heterocycles. The Balaban J connectivity index is 2.25. The third kappa shape index (κ3) is 1.97. The van der Waals surface area contributed by atoms with E-state index < -0.39 is 5.60 Å². The summed E-state index contributed by atoms with van der Waals surface area (Å²) >= 11 is 6.06. The number of benzene rings is 1. The Labute approximate surface area is 94.8 Å². The van der Waals surface area contributed by atoms with Crippen molar-refractivity contribution in [3.8, 4) is 5.75 Å². The fourth-order valence-corrected chi connectivity index (χ4v) is 2.10.